The van der Waals surface area contributed by atoms with Gasteiger partial charge in [-0.05, 0) is 73.9 Å². The number of halogens is 1. The lowest BCUT2D eigenvalue weighted by Gasteiger charge is -2.30. The van der Waals surface area contributed by atoms with Crippen LogP contribution in [-0.4, -0.2) is 82.7 Å². The van der Waals surface area contributed by atoms with Gasteiger partial charge in [0.2, 0.25) is 5.91 Å². The second-order valence-electron chi connectivity index (χ2n) is 11.1. The molecule has 1 atom stereocenters. The number of carbonyl (C=O) groups excluding carboxylic acids is 2. The van der Waals surface area contributed by atoms with Gasteiger partial charge in [-0.3, -0.25) is 19.7 Å². The minimum atomic E-state index is -0.630. The van der Waals surface area contributed by atoms with Crippen LogP contribution < -0.4 is 20.4 Å². The number of H-pyrrole nitrogens is 1. The first-order valence-electron chi connectivity index (χ1n) is 14.7. The van der Waals surface area contributed by atoms with E-state index in [1.165, 1.54) is 29.2 Å². The summed E-state index contributed by atoms with van der Waals surface area (Å²) < 4.78 is 19.3. The lowest BCUT2D eigenvalue weighted by atomic mass is 10.1. The Hall–Kier alpha value is -4.75. The summed E-state index contributed by atoms with van der Waals surface area (Å²) in [6.45, 7) is 2.05. The van der Waals surface area contributed by atoms with Crippen molar-refractivity contribution in [1.82, 2.24) is 20.1 Å². The molecule has 230 valence electrons. The first kappa shape index (κ1) is 29.3. The van der Waals surface area contributed by atoms with Crippen LogP contribution in [0, 0.1) is 5.82 Å². The van der Waals surface area contributed by atoms with Gasteiger partial charge in [0.1, 0.15) is 11.6 Å². The maximum atomic E-state index is 13.4. The molecule has 2 saturated heterocycles. The van der Waals surface area contributed by atoms with Gasteiger partial charge >= 0.3 is 6.09 Å². The number of ether oxygens (including phenoxy) is 1. The number of piperidine rings is 1. The van der Waals surface area contributed by atoms with E-state index < -0.39 is 18.1 Å². The molecule has 0 bridgehead atoms. The van der Waals surface area contributed by atoms with E-state index in [0.29, 0.717) is 61.9 Å². The van der Waals surface area contributed by atoms with E-state index in [1.807, 2.05) is 28.0 Å². The maximum Gasteiger partial charge on any atom is 0.415 e. The summed E-state index contributed by atoms with van der Waals surface area (Å²) in [5.74, 6) is 0.432. The van der Waals surface area contributed by atoms with Crippen molar-refractivity contribution in [3.63, 3.8) is 0 Å². The van der Waals surface area contributed by atoms with Gasteiger partial charge in [-0.25, -0.2) is 14.2 Å². The van der Waals surface area contributed by atoms with Gasteiger partial charge in [0.05, 0.1) is 30.0 Å². The van der Waals surface area contributed by atoms with E-state index >= 15 is 0 Å². The second kappa shape index (κ2) is 12.9. The third-order valence-corrected chi connectivity index (χ3v) is 7.98. The fraction of sp³-hybridized carbons (Fsp3) is 0.355. The van der Waals surface area contributed by atoms with Crippen molar-refractivity contribution in [3.05, 3.63) is 66.6 Å². The topological polar surface area (TPSA) is 139 Å². The number of aliphatic hydroxyl groups is 1. The average molecular weight is 603 g/mol. The number of aliphatic hydroxyl groups excluding tert-OH is 1. The van der Waals surface area contributed by atoms with Crippen molar-refractivity contribution in [2.75, 3.05) is 53.7 Å². The molecule has 2 aromatic heterocycles. The average Bonchev–Trinajstić information content (AvgIpc) is 3.68. The molecule has 6 rings (SSSR count). The van der Waals surface area contributed by atoms with Crippen LogP contribution in [0.25, 0.3) is 10.9 Å². The number of aromatic amines is 1. The van der Waals surface area contributed by atoms with Crippen molar-refractivity contribution in [1.29, 1.82) is 0 Å². The third kappa shape index (κ3) is 6.74. The number of aromatic nitrogens is 3. The Morgan fingerprint density at radius 1 is 1.09 bits per heavy atom. The Balaban J connectivity index is 1.23. The summed E-state index contributed by atoms with van der Waals surface area (Å²) in [6, 6.07) is 15.0. The van der Waals surface area contributed by atoms with E-state index in [1.54, 1.807) is 25.4 Å². The monoisotopic (exact) mass is 602 g/mol. The van der Waals surface area contributed by atoms with Crippen molar-refractivity contribution in [3.8, 4) is 0 Å². The summed E-state index contributed by atoms with van der Waals surface area (Å²) in [4.78, 5) is 36.3. The molecule has 2 aromatic carbocycles. The molecule has 4 heterocycles. The summed E-state index contributed by atoms with van der Waals surface area (Å²) in [5, 5.41) is 24.1. The highest BCUT2D eigenvalue weighted by atomic mass is 19.1. The number of pyridine rings is 1. The molecule has 13 heteroatoms. The van der Waals surface area contributed by atoms with E-state index in [2.05, 4.69) is 20.8 Å². The number of benzene rings is 2. The Morgan fingerprint density at radius 3 is 2.68 bits per heavy atom. The van der Waals surface area contributed by atoms with Gasteiger partial charge in [-0.1, -0.05) is 0 Å². The number of anilines is 5. The number of hydrogen-bond acceptors (Lipinski definition) is 9. The van der Waals surface area contributed by atoms with Crippen molar-refractivity contribution >= 4 is 51.6 Å². The molecule has 44 heavy (non-hydrogen) atoms. The van der Waals surface area contributed by atoms with Gasteiger partial charge in [-0.15, -0.1) is 0 Å². The standard InChI is InChI=1S/C31H35FN8O4/c1-38(23-7-4-21(32)5-8-23)31(43)44-29-3-2-14-40(29)30-26(35-28(42)19-39-15-12-24(41)13-16-39)10-11-27(36-30)34-22-6-9-25-20(17-22)18-33-37-25/h4-11,17-18,24,29,41H,2-3,12-16,19H2,1H3,(H,33,37)(H,34,36)(H,35,42)/t29-/m0/s1. The van der Waals surface area contributed by atoms with Crippen molar-refractivity contribution in [2.24, 2.45) is 0 Å². The van der Waals surface area contributed by atoms with Crippen LogP contribution in [0.5, 0.6) is 0 Å². The third-order valence-electron chi connectivity index (χ3n) is 7.98. The molecule has 2 amide bonds. The SMILES string of the molecule is CN(C(=O)O[C@H]1CCCN1c1nc(Nc2ccc3[nH]ncc3c2)ccc1NC(=O)CN1CCC(O)CC1)c1ccc(F)cc1. The molecule has 2 aliphatic rings. The Morgan fingerprint density at radius 2 is 1.89 bits per heavy atom. The number of nitrogens with zero attached hydrogens (tertiary/aromatic N) is 5. The molecule has 0 aliphatic carbocycles. The number of nitrogens with one attached hydrogen (secondary N) is 3. The minimum Gasteiger partial charge on any atom is -0.425 e. The second-order valence-corrected chi connectivity index (χ2v) is 11.1. The summed E-state index contributed by atoms with van der Waals surface area (Å²) >= 11 is 0. The number of fused-ring (bicyclic) bond motifs is 1. The molecule has 0 unspecified atom stereocenters. The normalized spacial score (nSPS) is 17.5. The van der Waals surface area contributed by atoms with Gasteiger partial charge < -0.3 is 25.4 Å². The predicted molar refractivity (Wildman–Crippen MR) is 166 cm³/mol. The zero-order valence-corrected chi connectivity index (χ0v) is 24.4. The molecule has 0 radical (unpaired) electrons. The summed E-state index contributed by atoms with van der Waals surface area (Å²) in [7, 11) is 1.57. The Kier molecular flexibility index (Phi) is 8.57. The number of carbonyl (C=O) groups is 2. The maximum absolute atomic E-state index is 13.4. The summed E-state index contributed by atoms with van der Waals surface area (Å²) in [5.41, 5.74) is 2.72. The van der Waals surface area contributed by atoms with E-state index in [4.69, 9.17) is 9.72 Å². The molecule has 0 saturated carbocycles. The highest BCUT2D eigenvalue weighted by Crippen LogP contribution is 2.34. The lowest BCUT2D eigenvalue weighted by Crippen LogP contribution is -2.41. The van der Waals surface area contributed by atoms with Crippen molar-refractivity contribution < 1.29 is 23.8 Å². The van der Waals surface area contributed by atoms with E-state index in [9.17, 15) is 19.1 Å². The van der Waals surface area contributed by atoms with Crippen LogP contribution in [0.3, 0.4) is 0 Å². The van der Waals surface area contributed by atoms with E-state index in [-0.39, 0.29) is 18.6 Å². The van der Waals surface area contributed by atoms with Gasteiger partial charge in [0.15, 0.2) is 12.0 Å². The minimum absolute atomic E-state index is 0.192. The number of likely N-dealkylation sites (tertiary alicyclic amines) is 1. The van der Waals surface area contributed by atoms with E-state index in [0.717, 1.165) is 23.0 Å². The Labute approximate surface area is 253 Å². The first-order chi connectivity index (χ1) is 21.3. The first-order valence-corrected chi connectivity index (χ1v) is 14.7. The van der Waals surface area contributed by atoms with Crippen LogP contribution in [-0.2, 0) is 9.53 Å². The fourth-order valence-electron chi connectivity index (χ4n) is 5.54. The molecule has 4 N–H and O–H groups in total. The zero-order chi connectivity index (χ0) is 30.6. The number of amides is 2. The fourth-order valence-corrected chi connectivity index (χ4v) is 5.54. The van der Waals surface area contributed by atoms with Crippen LogP contribution in [0.1, 0.15) is 25.7 Å². The molecule has 2 aliphatic heterocycles. The quantitative estimate of drug-likeness (QED) is 0.231. The van der Waals surface area contributed by atoms with Gasteiger partial charge in [0, 0.05) is 49.9 Å². The molecular weight excluding hydrogens is 567 g/mol. The Bertz CT molecular complexity index is 1620. The number of rotatable bonds is 8. The molecule has 4 aromatic rings. The van der Waals surface area contributed by atoms with Gasteiger partial charge in [-0.2, -0.15) is 5.10 Å². The van der Waals surface area contributed by atoms with Crippen molar-refractivity contribution in [2.45, 2.75) is 38.0 Å². The van der Waals surface area contributed by atoms with Crippen LogP contribution in [0.15, 0.2) is 60.8 Å². The molecular formula is C31H35FN8O4. The highest BCUT2D eigenvalue weighted by Gasteiger charge is 2.32. The van der Waals surface area contributed by atoms with Crippen LogP contribution in [0.4, 0.5) is 37.9 Å². The molecule has 2 fully saturated rings. The largest absolute Gasteiger partial charge is 0.425 e. The molecule has 0 spiro atoms. The van der Waals surface area contributed by atoms with Crippen LogP contribution >= 0.6 is 0 Å². The molecule has 12 nitrogen and oxygen atoms in total. The number of hydrogen-bond donors (Lipinski definition) is 4. The van der Waals surface area contributed by atoms with Gasteiger partial charge in [0.25, 0.3) is 0 Å². The summed E-state index contributed by atoms with van der Waals surface area (Å²) in [6.07, 6.45) is 2.80. The predicted octanol–water partition coefficient (Wildman–Crippen LogP) is 4.44. The smallest absolute Gasteiger partial charge is 0.415 e. The lowest BCUT2D eigenvalue weighted by molar-refractivity contribution is -0.117. The highest BCUT2D eigenvalue weighted by molar-refractivity contribution is 5.95. The van der Waals surface area contributed by atoms with Crippen LogP contribution in [0.2, 0.25) is 0 Å². The zero-order valence-electron chi connectivity index (χ0n) is 24.4.